The number of ether oxygens (including phenoxy) is 1. The number of aromatic nitrogens is 1. The fourth-order valence-electron chi connectivity index (χ4n) is 2.63. The minimum absolute atomic E-state index is 0.145. The van der Waals surface area contributed by atoms with Crippen LogP contribution in [-0.2, 0) is 4.79 Å². The first-order chi connectivity index (χ1) is 13.6. The number of rotatable bonds is 6. The van der Waals surface area contributed by atoms with Gasteiger partial charge in [0.05, 0.1) is 24.1 Å². The number of carbonyl (C=O) groups is 1. The molecule has 1 N–H and O–H groups in total. The summed E-state index contributed by atoms with van der Waals surface area (Å²) in [4.78, 5) is 16.9. The Morgan fingerprint density at radius 1 is 1.18 bits per heavy atom. The normalized spacial score (nSPS) is 10.2. The van der Waals surface area contributed by atoms with Crippen LogP contribution in [0.25, 0.3) is 11.3 Å². The number of hydrogen-bond acceptors (Lipinski definition) is 5. The van der Waals surface area contributed by atoms with E-state index in [-0.39, 0.29) is 11.7 Å². The van der Waals surface area contributed by atoms with Gasteiger partial charge in [-0.2, -0.15) is 5.26 Å². The molecule has 140 valence electrons. The Bertz CT molecular complexity index is 1040. The molecule has 0 radical (unpaired) electrons. The molecule has 6 heteroatoms. The summed E-state index contributed by atoms with van der Waals surface area (Å²) in [6.07, 6.45) is 0. The average Bonchev–Trinajstić information content (AvgIpc) is 2.72. The maximum Gasteiger partial charge on any atom is 0.234 e. The van der Waals surface area contributed by atoms with Crippen LogP contribution in [0.15, 0.2) is 65.7 Å². The average molecular weight is 389 g/mol. The summed E-state index contributed by atoms with van der Waals surface area (Å²) < 4.78 is 5.26. The van der Waals surface area contributed by atoms with Crippen LogP contribution in [0.1, 0.15) is 11.1 Å². The first kappa shape index (κ1) is 19.5. The molecule has 0 aliphatic rings. The number of nitrogens with zero attached hydrogens (tertiary/aromatic N) is 2. The Hall–Kier alpha value is -3.30. The predicted octanol–water partition coefficient (Wildman–Crippen LogP) is 4.67. The molecule has 1 heterocycles. The van der Waals surface area contributed by atoms with E-state index >= 15 is 0 Å². The van der Waals surface area contributed by atoms with Crippen molar-refractivity contribution < 1.29 is 9.53 Å². The van der Waals surface area contributed by atoms with Crippen LogP contribution < -0.4 is 10.1 Å². The second kappa shape index (κ2) is 9.07. The van der Waals surface area contributed by atoms with Gasteiger partial charge in [-0.1, -0.05) is 36.0 Å². The molecule has 0 unspecified atom stereocenters. The number of pyridine rings is 1. The number of nitriles is 1. The second-order valence-electron chi connectivity index (χ2n) is 6.10. The van der Waals surface area contributed by atoms with Gasteiger partial charge in [0, 0.05) is 11.3 Å². The van der Waals surface area contributed by atoms with Gasteiger partial charge in [-0.05, 0) is 48.9 Å². The minimum Gasteiger partial charge on any atom is -0.497 e. The fourth-order valence-corrected chi connectivity index (χ4v) is 3.40. The number of aryl methyl sites for hydroxylation is 1. The second-order valence-corrected chi connectivity index (χ2v) is 7.06. The van der Waals surface area contributed by atoms with Crippen LogP contribution in [0.2, 0.25) is 0 Å². The molecule has 2 aromatic carbocycles. The van der Waals surface area contributed by atoms with Gasteiger partial charge in [0.2, 0.25) is 5.91 Å². The van der Waals surface area contributed by atoms with Crippen molar-refractivity contribution in [3.05, 3.63) is 71.8 Å². The molecule has 1 amide bonds. The molecule has 0 bridgehead atoms. The Balaban J connectivity index is 1.75. The predicted molar refractivity (Wildman–Crippen MR) is 111 cm³/mol. The van der Waals surface area contributed by atoms with Crippen LogP contribution in [0.3, 0.4) is 0 Å². The van der Waals surface area contributed by atoms with E-state index in [9.17, 15) is 10.1 Å². The first-order valence-corrected chi connectivity index (χ1v) is 9.62. The molecule has 0 spiro atoms. The van der Waals surface area contributed by atoms with E-state index in [1.165, 1.54) is 11.8 Å². The zero-order valence-corrected chi connectivity index (χ0v) is 16.4. The molecule has 3 rings (SSSR count). The fraction of sp³-hybridized carbons (Fsp3) is 0.136. The number of benzene rings is 2. The largest absolute Gasteiger partial charge is 0.497 e. The molecule has 1 aromatic heterocycles. The minimum atomic E-state index is -0.145. The summed E-state index contributed by atoms with van der Waals surface area (Å²) >= 11 is 1.25. The number of thioether (sulfide) groups is 1. The molecule has 3 aromatic rings. The highest BCUT2D eigenvalue weighted by Crippen LogP contribution is 2.27. The monoisotopic (exact) mass is 389 g/mol. The van der Waals surface area contributed by atoms with Gasteiger partial charge in [0.25, 0.3) is 0 Å². The summed E-state index contributed by atoms with van der Waals surface area (Å²) in [5, 5.41) is 12.8. The van der Waals surface area contributed by atoms with Crippen LogP contribution in [0.4, 0.5) is 5.69 Å². The van der Waals surface area contributed by atoms with Gasteiger partial charge >= 0.3 is 0 Å². The lowest BCUT2D eigenvalue weighted by Crippen LogP contribution is -2.14. The van der Waals surface area contributed by atoms with Crippen molar-refractivity contribution in [2.24, 2.45) is 0 Å². The third-order valence-electron chi connectivity index (χ3n) is 3.99. The van der Waals surface area contributed by atoms with Crippen LogP contribution in [0.5, 0.6) is 5.75 Å². The molecule has 0 aliphatic carbocycles. The Kier molecular flexibility index (Phi) is 6.30. The van der Waals surface area contributed by atoms with Crippen molar-refractivity contribution in [1.82, 2.24) is 4.98 Å². The molecular formula is C22H19N3O2S. The van der Waals surface area contributed by atoms with Gasteiger partial charge in [-0.3, -0.25) is 4.79 Å². The van der Waals surface area contributed by atoms with Gasteiger partial charge in [0.15, 0.2) is 0 Å². The lowest BCUT2D eigenvalue weighted by Gasteiger charge is -2.09. The number of anilines is 1. The SMILES string of the molecule is COc1cccc(-c2ccc(C#N)c(SCC(=O)Nc3cccc(C)c3)n2)c1. The van der Waals surface area contributed by atoms with Crippen molar-refractivity contribution in [2.75, 3.05) is 18.2 Å². The number of methoxy groups -OCH3 is 1. The number of hydrogen-bond donors (Lipinski definition) is 1. The van der Waals surface area contributed by atoms with Gasteiger partial charge in [-0.25, -0.2) is 4.98 Å². The third kappa shape index (κ3) is 4.90. The number of nitrogens with one attached hydrogen (secondary N) is 1. The van der Waals surface area contributed by atoms with Gasteiger partial charge < -0.3 is 10.1 Å². The van der Waals surface area contributed by atoms with E-state index < -0.39 is 0 Å². The standard InChI is InChI=1S/C22H19N3O2S/c1-15-5-3-7-18(11-15)24-21(26)14-28-22-17(13-23)9-10-20(25-22)16-6-4-8-19(12-16)27-2/h3-12H,14H2,1-2H3,(H,24,26). The Morgan fingerprint density at radius 3 is 2.75 bits per heavy atom. The molecule has 5 nitrogen and oxygen atoms in total. The molecule has 0 atom stereocenters. The van der Waals surface area contributed by atoms with E-state index in [0.717, 1.165) is 28.3 Å². The highest BCUT2D eigenvalue weighted by Gasteiger charge is 2.11. The molecule has 0 fully saturated rings. The van der Waals surface area contributed by atoms with E-state index in [4.69, 9.17) is 4.74 Å². The quantitative estimate of drug-likeness (QED) is 0.620. The lowest BCUT2D eigenvalue weighted by atomic mass is 10.1. The van der Waals surface area contributed by atoms with E-state index in [1.54, 1.807) is 19.2 Å². The lowest BCUT2D eigenvalue weighted by molar-refractivity contribution is -0.113. The highest BCUT2D eigenvalue weighted by molar-refractivity contribution is 8.00. The van der Waals surface area contributed by atoms with Crippen molar-refractivity contribution in [3.8, 4) is 23.1 Å². The van der Waals surface area contributed by atoms with Crippen molar-refractivity contribution >= 4 is 23.4 Å². The molecule has 0 aliphatic heterocycles. The zero-order chi connectivity index (χ0) is 19.9. The summed E-state index contributed by atoms with van der Waals surface area (Å²) in [5.41, 5.74) is 3.88. The van der Waals surface area contributed by atoms with E-state index in [0.29, 0.717) is 10.6 Å². The summed E-state index contributed by atoms with van der Waals surface area (Å²) in [7, 11) is 1.61. The van der Waals surface area contributed by atoms with Crippen LogP contribution >= 0.6 is 11.8 Å². The maximum atomic E-state index is 12.3. The van der Waals surface area contributed by atoms with Crippen molar-refractivity contribution in [2.45, 2.75) is 11.9 Å². The van der Waals surface area contributed by atoms with Crippen molar-refractivity contribution in [1.29, 1.82) is 5.26 Å². The Labute approximate surface area is 168 Å². The number of amides is 1. The maximum absolute atomic E-state index is 12.3. The van der Waals surface area contributed by atoms with Gasteiger partial charge in [0.1, 0.15) is 16.8 Å². The summed E-state index contributed by atoms with van der Waals surface area (Å²) in [6, 6.07) is 20.8. The van der Waals surface area contributed by atoms with E-state index in [1.807, 2.05) is 55.5 Å². The van der Waals surface area contributed by atoms with Crippen LogP contribution in [0, 0.1) is 18.3 Å². The van der Waals surface area contributed by atoms with Gasteiger partial charge in [-0.15, -0.1) is 0 Å². The molecule has 28 heavy (non-hydrogen) atoms. The highest BCUT2D eigenvalue weighted by atomic mass is 32.2. The molecule has 0 saturated carbocycles. The summed E-state index contributed by atoms with van der Waals surface area (Å²) in [5.74, 6) is 0.750. The smallest absolute Gasteiger partial charge is 0.234 e. The molecule has 0 saturated heterocycles. The topological polar surface area (TPSA) is 75.0 Å². The Morgan fingerprint density at radius 2 is 2.00 bits per heavy atom. The summed E-state index contributed by atoms with van der Waals surface area (Å²) in [6.45, 7) is 1.97. The van der Waals surface area contributed by atoms with Crippen molar-refractivity contribution in [3.63, 3.8) is 0 Å². The number of carbonyl (C=O) groups excluding carboxylic acids is 1. The first-order valence-electron chi connectivity index (χ1n) is 8.64. The zero-order valence-electron chi connectivity index (χ0n) is 15.6. The third-order valence-corrected chi connectivity index (χ3v) is 4.98. The molecular weight excluding hydrogens is 370 g/mol. The van der Waals surface area contributed by atoms with Crippen LogP contribution in [-0.4, -0.2) is 23.8 Å². The van der Waals surface area contributed by atoms with E-state index in [2.05, 4.69) is 16.4 Å².